The van der Waals surface area contributed by atoms with E-state index in [9.17, 15) is 19.8 Å². The van der Waals surface area contributed by atoms with Gasteiger partial charge in [-0.1, -0.05) is 76.3 Å². The Morgan fingerprint density at radius 2 is 1.85 bits per heavy atom. The van der Waals surface area contributed by atoms with E-state index < -0.39 is 18.2 Å². The molecule has 3 rings (SSSR count). The molecule has 8 nitrogen and oxygen atoms in total. The van der Waals surface area contributed by atoms with Crippen molar-refractivity contribution in [2.75, 3.05) is 12.3 Å². The van der Waals surface area contributed by atoms with Gasteiger partial charge in [0.05, 0.1) is 24.4 Å². The first-order chi connectivity index (χ1) is 18.7. The predicted octanol–water partition coefficient (Wildman–Crippen LogP) is 4.30. The second kappa shape index (κ2) is 15.9. The highest BCUT2D eigenvalue weighted by atomic mass is 32.1. The van der Waals surface area contributed by atoms with Gasteiger partial charge in [0, 0.05) is 24.8 Å². The first kappa shape index (κ1) is 31.0. The molecule has 2 amide bonds. The fourth-order valence-corrected chi connectivity index (χ4v) is 6.05. The molecule has 0 bridgehead atoms. The van der Waals surface area contributed by atoms with Crippen molar-refractivity contribution in [2.45, 2.75) is 103 Å². The van der Waals surface area contributed by atoms with Crippen molar-refractivity contribution in [3.05, 3.63) is 47.0 Å². The lowest BCUT2D eigenvalue weighted by molar-refractivity contribution is -0.142. The van der Waals surface area contributed by atoms with Crippen LogP contribution >= 0.6 is 11.3 Å². The molecule has 1 aliphatic rings. The van der Waals surface area contributed by atoms with Crippen LogP contribution < -0.4 is 11.1 Å². The van der Waals surface area contributed by atoms with Crippen LogP contribution in [0.3, 0.4) is 0 Å². The number of nitrogen functional groups attached to an aromatic ring is 1. The minimum absolute atomic E-state index is 0.0188. The first-order valence-corrected chi connectivity index (χ1v) is 15.3. The number of aliphatic hydroxyl groups excluding tert-OH is 2. The number of hydrogen-bond acceptors (Lipinski definition) is 7. The van der Waals surface area contributed by atoms with E-state index in [0.717, 1.165) is 37.7 Å². The zero-order valence-electron chi connectivity index (χ0n) is 23.4. The highest BCUT2D eigenvalue weighted by molar-refractivity contribution is 7.13. The summed E-state index contributed by atoms with van der Waals surface area (Å²) in [5.74, 6) is 0.173. The number of anilines is 1. The topological polar surface area (TPSA) is 129 Å². The SMILES string of the molecule is CC(C)C[C@H](O)[C@H](O)[C@H](CC1CCCCC1)N(Cc1csc(N)n1)C(=O)CCC(=O)NCCc1ccccc1. The fourth-order valence-electron chi connectivity index (χ4n) is 5.50. The maximum Gasteiger partial charge on any atom is 0.223 e. The minimum atomic E-state index is -1.09. The van der Waals surface area contributed by atoms with E-state index in [1.807, 2.05) is 49.6 Å². The number of nitrogens with zero attached hydrogens (tertiary/aromatic N) is 2. The van der Waals surface area contributed by atoms with Gasteiger partial charge in [-0.25, -0.2) is 4.98 Å². The number of nitrogens with two attached hydrogens (primary N) is 1. The van der Waals surface area contributed by atoms with E-state index in [2.05, 4.69) is 10.3 Å². The summed E-state index contributed by atoms with van der Waals surface area (Å²) >= 11 is 1.31. The van der Waals surface area contributed by atoms with Crippen LogP contribution in [-0.4, -0.2) is 56.7 Å². The third-order valence-electron chi connectivity index (χ3n) is 7.57. The quantitative estimate of drug-likeness (QED) is 0.258. The Bertz CT molecular complexity index is 1010. The average Bonchev–Trinajstić information content (AvgIpc) is 3.34. The number of hydrogen-bond donors (Lipinski definition) is 4. The van der Waals surface area contributed by atoms with Crippen LogP contribution in [0.1, 0.15) is 82.9 Å². The molecule has 2 aromatic rings. The highest BCUT2D eigenvalue weighted by Crippen LogP contribution is 2.32. The van der Waals surface area contributed by atoms with Crippen LogP contribution in [0.25, 0.3) is 0 Å². The van der Waals surface area contributed by atoms with E-state index in [4.69, 9.17) is 5.73 Å². The molecule has 5 N–H and O–H groups in total. The van der Waals surface area contributed by atoms with Crippen LogP contribution in [0.2, 0.25) is 0 Å². The molecular formula is C30H46N4O4S. The highest BCUT2D eigenvalue weighted by Gasteiger charge is 2.36. The van der Waals surface area contributed by atoms with Crippen molar-refractivity contribution in [1.82, 2.24) is 15.2 Å². The lowest BCUT2D eigenvalue weighted by Gasteiger charge is -2.39. The molecule has 216 valence electrons. The Morgan fingerprint density at radius 1 is 1.13 bits per heavy atom. The summed E-state index contributed by atoms with van der Waals surface area (Å²) in [5.41, 5.74) is 7.66. The Hall–Kier alpha value is -2.49. The molecular weight excluding hydrogens is 512 g/mol. The van der Waals surface area contributed by atoms with E-state index in [1.54, 1.807) is 4.90 Å². The van der Waals surface area contributed by atoms with E-state index >= 15 is 0 Å². The largest absolute Gasteiger partial charge is 0.390 e. The van der Waals surface area contributed by atoms with Gasteiger partial charge in [-0.2, -0.15) is 0 Å². The summed E-state index contributed by atoms with van der Waals surface area (Å²) in [5, 5.41) is 27.5. The van der Waals surface area contributed by atoms with Crippen LogP contribution in [0.15, 0.2) is 35.7 Å². The van der Waals surface area contributed by atoms with Gasteiger partial charge in [-0.05, 0) is 36.7 Å². The molecule has 39 heavy (non-hydrogen) atoms. The molecule has 0 spiro atoms. The zero-order chi connectivity index (χ0) is 28.2. The summed E-state index contributed by atoms with van der Waals surface area (Å²) < 4.78 is 0. The molecule has 1 aliphatic carbocycles. The maximum atomic E-state index is 13.7. The van der Waals surface area contributed by atoms with Gasteiger partial charge >= 0.3 is 0 Å². The van der Waals surface area contributed by atoms with Crippen molar-refractivity contribution in [1.29, 1.82) is 0 Å². The third-order valence-corrected chi connectivity index (χ3v) is 8.29. The molecule has 3 atom stereocenters. The molecule has 1 fully saturated rings. The number of nitrogens with one attached hydrogen (secondary N) is 1. The Kier molecular flexibility index (Phi) is 12.7. The lowest BCUT2D eigenvalue weighted by atomic mass is 9.81. The van der Waals surface area contributed by atoms with Gasteiger partial charge in [-0.3, -0.25) is 9.59 Å². The smallest absolute Gasteiger partial charge is 0.223 e. The van der Waals surface area contributed by atoms with Crippen LogP contribution in [0.4, 0.5) is 5.13 Å². The van der Waals surface area contributed by atoms with Gasteiger partial charge in [0.25, 0.3) is 0 Å². The Morgan fingerprint density at radius 3 is 2.49 bits per heavy atom. The van der Waals surface area contributed by atoms with Crippen molar-refractivity contribution in [3.63, 3.8) is 0 Å². The van der Waals surface area contributed by atoms with Crippen molar-refractivity contribution in [3.8, 4) is 0 Å². The number of amides is 2. The van der Waals surface area contributed by atoms with E-state index in [1.165, 1.54) is 17.8 Å². The number of carbonyl (C=O) groups excluding carboxylic acids is 2. The predicted molar refractivity (Wildman–Crippen MR) is 156 cm³/mol. The van der Waals surface area contributed by atoms with Crippen molar-refractivity contribution in [2.24, 2.45) is 11.8 Å². The van der Waals surface area contributed by atoms with E-state index in [-0.39, 0.29) is 37.1 Å². The molecule has 0 unspecified atom stereocenters. The average molecular weight is 559 g/mol. The Labute approximate surface area is 237 Å². The molecule has 0 aliphatic heterocycles. The molecule has 0 saturated heterocycles. The van der Waals surface area contributed by atoms with Crippen LogP contribution in [0, 0.1) is 11.8 Å². The van der Waals surface area contributed by atoms with Crippen LogP contribution in [0.5, 0.6) is 0 Å². The molecule has 1 saturated carbocycles. The Balaban J connectivity index is 1.71. The summed E-state index contributed by atoms with van der Waals surface area (Å²) in [6.45, 7) is 4.70. The van der Waals surface area contributed by atoms with Gasteiger partial charge in [0.15, 0.2) is 5.13 Å². The zero-order valence-corrected chi connectivity index (χ0v) is 24.2. The summed E-state index contributed by atoms with van der Waals surface area (Å²) in [7, 11) is 0. The summed E-state index contributed by atoms with van der Waals surface area (Å²) in [6, 6.07) is 9.36. The standard InChI is InChI=1S/C30H46N4O4S/c1-21(2)17-26(35)29(38)25(18-23-11-7-4-8-12-23)34(19-24-20-39-30(31)33-24)28(37)14-13-27(36)32-16-15-22-9-5-3-6-10-22/h3,5-6,9-10,20-21,23,25-26,29,35,38H,4,7-8,11-19H2,1-2H3,(H2,31,33)(H,32,36)/t25-,26-,29+/m0/s1. The molecule has 9 heteroatoms. The first-order valence-electron chi connectivity index (χ1n) is 14.4. The number of thiazole rings is 1. The fraction of sp³-hybridized carbons (Fsp3) is 0.633. The number of aliphatic hydroxyl groups is 2. The second-order valence-corrected chi connectivity index (χ2v) is 12.2. The minimum Gasteiger partial charge on any atom is -0.390 e. The molecule has 0 radical (unpaired) electrons. The number of aromatic nitrogens is 1. The van der Waals surface area contributed by atoms with Gasteiger partial charge in [-0.15, -0.1) is 11.3 Å². The number of carbonyl (C=O) groups is 2. The third kappa shape index (κ3) is 10.5. The number of benzene rings is 1. The monoisotopic (exact) mass is 558 g/mol. The van der Waals surface area contributed by atoms with Crippen molar-refractivity contribution < 1.29 is 19.8 Å². The number of rotatable bonds is 15. The molecule has 1 heterocycles. The normalized spacial score (nSPS) is 16.5. The molecule has 1 aromatic carbocycles. The lowest BCUT2D eigenvalue weighted by Crippen LogP contribution is -2.52. The maximum absolute atomic E-state index is 13.7. The second-order valence-electron chi connectivity index (χ2n) is 11.3. The van der Waals surface area contributed by atoms with Gasteiger partial charge in [0.1, 0.15) is 6.10 Å². The van der Waals surface area contributed by atoms with Gasteiger partial charge in [0.2, 0.25) is 11.8 Å². The summed E-state index contributed by atoms with van der Waals surface area (Å²) in [4.78, 5) is 32.3. The summed E-state index contributed by atoms with van der Waals surface area (Å²) in [6.07, 6.45) is 5.42. The molecule has 1 aromatic heterocycles. The van der Waals surface area contributed by atoms with E-state index in [0.29, 0.717) is 36.1 Å². The van der Waals surface area contributed by atoms with Crippen molar-refractivity contribution >= 4 is 28.3 Å². The van der Waals surface area contributed by atoms with Crippen LogP contribution in [-0.2, 0) is 22.6 Å². The van der Waals surface area contributed by atoms with Gasteiger partial charge < -0.3 is 26.2 Å².